The molecule has 0 radical (unpaired) electrons. The molecule has 0 unspecified atom stereocenters. The summed E-state index contributed by atoms with van der Waals surface area (Å²) >= 11 is 0. The van der Waals surface area contributed by atoms with Gasteiger partial charge >= 0.3 is 12.1 Å². The summed E-state index contributed by atoms with van der Waals surface area (Å²) in [5.41, 5.74) is -0.782. The van der Waals surface area contributed by atoms with Crippen LogP contribution in [-0.2, 0) is 9.59 Å². The van der Waals surface area contributed by atoms with Gasteiger partial charge in [-0.15, -0.1) is 0 Å². The zero-order valence-corrected chi connectivity index (χ0v) is 13.2. The smallest absolute Gasteiger partial charge is 0.340 e. The molecular weight excluding hydrogens is 297 g/mol. The predicted molar refractivity (Wildman–Crippen MR) is 74.9 cm³/mol. The molecule has 4 nitrogen and oxygen atoms in total. The van der Waals surface area contributed by atoms with Crippen LogP contribution < -0.4 is 5.32 Å². The lowest BCUT2D eigenvalue weighted by molar-refractivity contribution is -0.176. The van der Waals surface area contributed by atoms with Crippen LogP contribution >= 0.6 is 0 Å². The summed E-state index contributed by atoms with van der Waals surface area (Å²) < 4.78 is 37.5. The number of nitrogens with one attached hydrogen (secondary N) is 1. The predicted octanol–water partition coefficient (Wildman–Crippen LogP) is 2.34. The van der Waals surface area contributed by atoms with Gasteiger partial charge in [0.15, 0.2) is 0 Å². The van der Waals surface area contributed by atoms with E-state index in [1.165, 1.54) is 0 Å². The maximum atomic E-state index is 12.6. The first-order valence-electron chi connectivity index (χ1n) is 7.66. The van der Waals surface area contributed by atoms with Crippen LogP contribution in [0.5, 0.6) is 0 Å². The van der Waals surface area contributed by atoms with Gasteiger partial charge < -0.3 is 10.2 Å². The minimum absolute atomic E-state index is 0.403. The molecule has 0 aromatic heterocycles. The van der Waals surface area contributed by atoms with Crippen LogP contribution in [0.4, 0.5) is 13.2 Å². The number of amides is 2. The highest BCUT2D eigenvalue weighted by Crippen LogP contribution is 2.38. The molecule has 22 heavy (non-hydrogen) atoms. The Morgan fingerprint density at radius 2 is 1.59 bits per heavy atom. The summed E-state index contributed by atoms with van der Waals surface area (Å²) in [5.74, 6) is -1.54. The second-order valence-corrected chi connectivity index (χ2v) is 7.46. The number of hydrogen-bond acceptors (Lipinski definition) is 2. The van der Waals surface area contributed by atoms with Crippen molar-refractivity contribution in [2.75, 3.05) is 13.1 Å². The molecule has 7 heteroatoms. The number of likely N-dealkylation sites (tertiary alicyclic amines) is 1. The standard InChI is InChI=1S/C15H23F3N2O2/c1-14(2,3)11(19-13(22)15(16,17)18)12(21)20-7-9-5-4-6-10(9)8-20/h9-11H,4-8H2,1-3H3,(H,19,22)/t9-,10+,11-/m1/s1. The first kappa shape index (κ1) is 17.1. The van der Waals surface area contributed by atoms with Gasteiger partial charge in [-0.3, -0.25) is 9.59 Å². The van der Waals surface area contributed by atoms with E-state index in [1.54, 1.807) is 25.7 Å². The Kier molecular flexibility index (Phi) is 4.46. The van der Waals surface area contributed by atoms with Crippen LogP contribution in [0.1, 0.15) is 40.0 Å². The lowest BCUT2D eigenvalue weighted by Gasteiger charge is -2.33. The van der Waals surface area contributed by atoms with E-state index >= 15 is 0 Å². The highest BCUT2D eigenvalue weighted by atomic mass is 19.4. The lowest BCUT2D eigenvalue weighted by atomic mass is 9.85. The average molecular weight is 320 g/mol. The van der Waals surface area contributed by atoms with Crippen molar-refractivity contribution < 1.29 is 22.8 Å². The Labute approximate surface area is 128 Å². The van der Waals surface area contributed by atoms with E-state index in [-0.39, 0.29) is 0 Å². The molecule has 1 aliphatic carbocycles. The number of halogens is 3. The van der Waals surface area contributed by atoms with Crippen molar-refractivity contribution >= 4 is 11.8 Å². The van der Waals surface area contributed by atoms with Gasteiger partial charge in [-0.05, 0) is 30.1 Å². The molecule has 2 rings (SSSR count). The van der Waals surface area contributed by atoms with Crippen molar-refractivity contribution in [3.63, 3.8) is 0 Å². The molecule has 126 valence electrons. The number of carbonyl (C=O) groups excluding carboxylic acids is 2. The van der Waals surface area contributed by atoms with E-state index in [9.17, 15) is 22.8 Å². The first-order chi connectivity index (χ1) is 10.00. The third kappa shape index (κ3) is 3.55. The first-order valence-corrected chi connectivity index (χ1v) is 7.66. The van der Waals surface area contributed by atoms with E-state index in [0.29, 0.717) is 24.9 Å². The van der Waals surface area contributed by atoms with Crippen molar-refractivity contribution in [1.82, 2.24) is 10.2 Å². The van der Waals surface area contributed by atoms with E-state index in [0.717, 1.165) is 19.3 Å². The number of rotatable bonds is 2. The van der Waals surface area contributed by atoms with Crippen molar-refractivity contribution in [2.24, 2.45) is 17.3 Å². The largest absolute Gasteiger partial charge is 0.471 e. The summed E-state index contributed by atoms with van der Waals surface area (Å²) in [6, 6.07) is -1.17. The molecule has 3 atom stereocenters. The molecule has 1 aliphatic heterocycles. The van der Waals surface area contributed by atoms with E-state index < -0.39 is 29.4 Å². The summed E-state index contributed by atoms with van der Waals surface area (Å²) in [6.07, 6.45) is -1.68. The van der Waals surface area contributed by atoms with E-state index in [1.807, 2.05) is 5.32 Å². The zero-order valence-electron chi connectivity index (χ0n) is 13.2. The fourth-order valence-electron chi connectivity index (χ4n) is 3.46. The Balaban J connectivity index is 2.09. The van der Waals surface area contributed by atoms with Crippen LogP contribution in [0.15, 0.2) is 0 Å². The highest BCUT2D eigenvalue weighted by molar-refractivity contribution is 5.90. The fraction of sp³-hybridized carbons (Fsp3) is 0.867. The maximum Gasteiger partial charge on any atom is 0.471 e. The molecule has 0 aromatic rings. The Hall–Kier alpha value is -1.27. The molecule has 1 N–H and O–H groups in total. The monoisotopic (exact) mass is 320 g/mol. The number of alkyl halides is 3. The average Bonchev–Trinajstić information content (AvgIpc) is 2.92. The van der Waals surface area contributed by atoms with Crippen LogP contribution in [0.3, 0.4) is 0 Å². The number of nitrogens with zero attached hydrogens (tertiary/aromatic N) is 1. The molecular formula is C15H23F3N2O2. The van der Waals surface area contributed by atoms with Gasteiger partial charge in [-0.2, -0.15) is 13.2 Å². The molecule has 2 fully saturated rings. The molecule has 0 aromatic carbocycles. The summed E-state index contributed by atoms with van der Waals surface area (Å²) in [6.45, 7) is 6.16. The molecule has 2 amide bonds. The quantitative estimate of drug-likeness (QED) is 0.849. The van der Waals surface area contributed by atoms with Gasteiger partial charge in [0.05, 0.1) is 0 Å². The molecule has 2 aliphatic rings. The maximum absolute atomic E-state index is 12.6. The van der Waals surface area contributed by atoms with Gasteiger partial charge in [0.2, 0.25) is 5.91 Å². The van der Waals surface area contributed by atoms with E-state index in [4.69, 9.17) is 0 Å². The van der Waals surface area contributed by atoms with Crippen LogP contribution in [0, 0.1) is 17.3 Å². The van der Waals surface area contributed by atoms with Crippen LogP contribution in [0.25, 0.3) is 0 Å². The Morgan fingerprint density at radius 1 is 1.09 bits per heavy atom. The van der Waals surface area contributed by atoms with Crippen molar-refractivity contribution in [2.45, 2.75) is 52.3 Å². The van der Waals surface area contributed by atoms with E-state index in [2.05, 4.69) is 0 Å². The minimum Gasteiger partial charge on any atom is -0.340 e. The molecule has 1 saturated carbocycles. The Bertz CT molecular complexity index is 445. The number of hydrogen-bond donors (Lipinski definition) is 1. The highest BCUT2D eigenvalue weighted by Gasteiger charge is 2.46. The van der Waals surface area contributed by atoms with Crippen molar-refractivity contribution in [1.29, 1.82) is 0 Å². The van der Waals surface area contributed by atoms with Crippen molar-refractivity contribution in [3.05, 3.63) is 0 Å². The van der Waals surface area contributed by atoms with Crippen LogP contribution in [-0.4, -0.2) is 42.0 Å². The lowest BCUT2D eigenvalue weighted by Crippen LogP contribution is -2.56. The van der Waals surface area contributed by atoms with Gasteiger partial charge in [0.25, 0.3) is 0 Å². The third-order valence-electron chi connectivity index (χ3n) is 4.68. The van der Waals surface area contributed by atoms with Gasteiger partial charge in [0, 0.05) is 13.1 Å². The minimum atomic E-state index is -4.98. The second-order valence-electron chi connectivity index (χ2n) is 7.46. The number of carbonyl (C=O) groups is 2. The molecule has 1 heterocycles. The SMILES string of the molecule is CC(C)(C)[C@H](NC(=O)C(F)(F)F)C(=O)N1C[C@H]2CCC[C@H]2C1. The number of fused-ring (bicyclic) bond motifs is 1. The van der Waals surface area contributed by atoms with Crippen LogP contribution in [0.2, 0.25) is 0 Å². The zero-order chi connectivity index (χ0) is 16.7. The summed E-state index contributed by atoms with van der Waals surface area (Å²) in [7, 11) is 0. The topological polar surface area (TPSA) is 49.4 Å². The summed E-state index contributed by atoms with van der Waals surface area (Å²) in [5, 5.41) is 1.88. The van der Waals surface area contributed by atoms with Gasteiger partial charge in [-0.1, -0.05) is 27.2 Å². The fourth-order valence-corrected chi connectivity index (χ4v) is 3.46. The van der Waals surface area contributed by atoms with Gasteiger partial charge in [-0.25, -0.2) is 0 Å². The third-order valence-corrected chi connectivity index (χ3v) is 4.68. The Morgan fingerprint density at radius 3 is 2.00 bits per heavy atom. The molecule has 0 spiro atoms. The molecule has 1 saturated heterocycles. The second kappa shape index (κ2) is 5.74. The summed E-state index contributed by atoms with van der Waals surface area (Å²) in [4.78, 5) is 25.5. The van der Waals surface area contributed by atoms with Gasteiger partial charge in [0.1, 0.15) is 6.04 Å². The van der Waals surface area contributed by atoms with Crippen molar-refractivity contribution in [3.8, 4) is 0 Å². The normalized spacial score (nSPS) is 26.7. The molecule has 0 bridgehead atoms.